The second kappa shape index (κ2) is 9.13. The Labute approximate surface area is 208 Å². The van der Waals surface area contributed by atoms with Crippen molar-refractivity contribution in [3.05, 3.63) is 0 Å². The predicted molar refractivity (Wildman–Crippen MR) is 128 cm³/mol. The number of hydrogen-bond acceptors (Lipinski definition) is 6. The molecule has 2 unspecified atom stereocenters. The van der Waals surface area contributed by atoms with Crippen LogP contribution >= 0.6 is 0 Å². The molecule has 0 aromatic carbocycles. The van der Waals surface area contributed by atoms with Crippen LogP contribution in [0.2, 0.25) is 0 Å². The highest BCUT2D eigenvalue weighted by Gasteiger charge is 2.63. The average molecular weight is 490 g/mol. The minimum absolute atomic E-state index is 0.102. The Morgan fingerprint density at radius 3 is 2.46 bits per heavy atom. The van der Waals surface area contributed by atoms with Gasteiger partial charge in [0.05, 0.1) is 12.2 Å². The summed E-state index contributed by atoms with van der Waals surface area (Å²) < 4.78 is 0. The molecule has 0 aromatic heterocycles. The minimum Gasteiger partial charge on any atom is -0.393 e. The zero-order chi connectivity index (χ0) is 25.1. The first-order valence-electron chi connectivity index (χ1n) is 14.0. The highest BCUT2D eigenvalue weighted by molar-refractivity contribution is 6.01. The fourth-order valence-corrected chi connectivity index (χ4v) is 9.51. The SMILES string of the molecule is C[C@H](CCC(=O)ON1C(=O)CCC1=O)[C@H]1CC[C@H]2[C@@H]3CC[C@@H]4C[C@H](O)CCC4(C)[C@H]3C[C@H](O)C12C. The first kappa shape index (κ1) is 25.2. The molecule has 4 aliphatic carbocycles. The molecule has 4 saturated carbocycles. The van der Waals surface area contributed by atoms with Crippen LogP contribution < -0.4 is 0 Å². The van der Waals surface area contributed by atoms with E-state index >= 15 is 0 Å². The molecule has 1 saturated heterocycles. The fourth-order valence-electron chi connectivity index (χ4n) is 9.51. The number of carbonyl (C=O) groups excluding carboxylic acids is 3. The van der Waals surface area contributed by atoms with Gasteiger partial charge < -0.3 is 15.1 Å². The number of hydroxylamine groups is 2. The Hall–Kier alpha value is -1.47. The highest BCUT2D eigenvalue weighted by Crippen LogP contribution is 2.68. The third kappa shape index (κ3) is 4.05. The molecule has 0 radical (unpaired) electrons. The van der Waals surface area contributed by atoms with E-state index in [4.69, 9.17) is 4.84 Å². The van der Waals surface area contributed by atoms with Gasteiger partial charge in [0.1, 0.15) is 0 Å². The summed E-state index contributed by atoms with van der Waals surface area (Å²) in [4.78, 5) is 40.9. The van der Waals surface area contributed by atoms with Crippen molar-refractivity contribution in [2.24, 2.45) is 46.3 Å². The van der Waals surface area contributed by atoms with Crippen molar-refractivity contribution in [2.75, 3.05) is 0 Å². The molecule has 1 aliphatic heterocycles. The number of hydrogen-bond donors (Lipinski definition) is 2. The molecule has 5 aliphatic rings. The van der Waals surface area contributed by atoms with E-state index in [0.717, 1.165) is 38.5 Å². The summed E-state index contributed by atoms with van der Waals surface area (Å²) >= 11 is 0. The number of amides is 2. The van der Waals surface area contributed by atoms with Gasteiger partial charge >= 0.3 is 5.97 Å². The molecule has 7 heteroatoms. The molecule has 2 N–H and O–H groups in total. The van der Waals surface area contributed by atoms with E-state index in [1.807, 2.05) is 0 Å². The highest BCUT2D eigenvalue weighted by atomic mass is 16.7. The summed E-state index contributed by atoms with van der Waals surface area (Å²) in [6, 6.07) is 0. The maximum Gasteiger partial charge on any atom is 0.333 e. The van der Waals surface area contributed by atoms with Gasteiger partial charge in [-0.15, -0.1) is 5.06 Å². The zero-order valence-electron chi connectivity index (χ0n) is 21.6. The summed E-state index contributed by atoms with van der Waals surface area (Å²) in [6.07, 6.45) is 8.81. The zero-order valence-corrected chi connectivity index (χ0v) is 21.6. The van der Waals surface area contributed by atoms with Crippen LogP contribution in [0, 0.1) is 46.3 Å². The standard InChI is InChI=1S/C28H43NO6/c1-16(4-11-26(34)35-29-24(32)9-10-25(29)33)20-7-8-21-19-6-5-17-14-18(30)12-13-27(17,2)22(19)15-23(31)28(20,21)3/h16-23,30-31H,4-15H2,1-3H3/t16-,17-,18-,19+,20-,21+,22+,23+,27?,28?/m1/s1. The van der Waals surface area contributed by atoms with Crippen LogP contribution in [0.5, 0.6) is 0 Å². The summed E-state index contributed by atoms with van der Waals surface area (Å²) in [5, 5.41) is 22.6. The second-order valence-electron chi connectivity index (χ2n) is 12.9. The van der Waals surface area contributed by atoms with Gasteiger partial charge in [-0.2, -0.15) is 0 Å². The number of rotatable bonds is 5. The largest absolute Gasteiger partial charge is 0.393 e. The second-order valence-corrected chi connectivity index (χ2v) is 12.9. The van der Waals surface area contributed by atoms with E-state index in [0.29, 0.717) is 41.1 Å². The lowest BCUT2D eigenvalue weighted by atomic mass is 9.43. The van der Waals surface area contributed by atoms with Crippen LogP contribution in [0.25, 0.3) is 0 Å². The third-order valence-electron chi connectivity index (χ3n) is 11.5. The van der Waals surface area contributed by atoms with Crippen molar-refractivity contribution in [3.63, 3.8) is 0 Å². The van der Waals surface area contributed by atoms with Gasteiger partial charge in [0.15, 0.2) is 0 Å². The van der Waals surface area contributed by atoms with Crippen LogP contribution in [0.15, 0.2) is 0 Å². The van der Waals surface area contributed by atoms with E-state index in [1.54, 1.807) is 0 Å². The smallest absolute Gasteiger partial charge is 0.333 e. The summed E-state index contributed by atoms with van der Waals surface area (Å²) in [5.41, 5.74) is 0.0745. The summed E-state index contributed by atoms with van der Waals surface area (Å²) in [6.45, 7) is 6.91. The lowest BCUT2D eigenvalue weighted by molar-refractivity contribution is -0.198. The number of aliphatic hydroxyl groups is 2. The van der Waals surface area contributed by atoms with Crippen molar-refractivity contribution >= 4 is 17.8 Å². The molecular weight excluding hydrogens is 446 g/mol. The molecule has 0 spiro atoms. The molecule has 10 atom stereocenters. The average Bonchev–Trinajstić information content (AvgIpc) is 3.34. The van der Waals surface area contributed by atoms with Crippen molar-refractivity contribution < 1.29 is 29.4 Å². The topological polar surface area (TPSA) is 104 Å². The van der Waals surface area contributed by atoms with E-state index in [2.05, 4.69) is 20.8 Å². The van der Waals surface area contributed by atoms with E-state index < -0.39 is 17.8 Å². The maximum atomic E-state index is 12.4. The quantitative estimate of drug-likeness (QED) is 0.566. The Morgan fingerprint density at radius 2 is 1.74 bits per heavy atom. The first-order chi connectivity index (χ1) is 16.6. The van der Waals surface area contributed by atoms with Gasteiger partial charge in [-0.1, -0.05) is 20.8 Å². The van der Waals surface area contributed by atoms with E-state index in [1.165, 1.54) is 12.8 Å². The van der Waals surface area contributed by atoms with Gasteiger partial charge in [-0.25, -0.2) is 4.79 Å². The van der Waals surface area contributed by atoms with Gasteiger partial charge in [-0.05, 0) is 104 Å². The third-order valence-corrected chi connectivity index (χ3v) is 11.5. The summed E-state index contributed by atoms with van der Waals surface area (Å²) in [5.74, 6) is 1.39. The molecule has 2 amide bonds. The number of imide groups is 1. The van der Waals surface area contributed by atoms with Crippen molar-refractivity contribution in [1.29, 1.82) is 0 Å². The predicted octanol–water partition coefficient (Wildman–Crippen LogP) is 4.00. The van der Waals surface area contributed by atoms with Crippen molar-refractivity contribution in [1.82, 2.24) is 5.06 Å². The normalized spacial score (nSPS) is 46.1. The Balaban J connectivity index is 1.24. The molecule has 196 valence electrons. The van der Waals surface area contributed by atoms with Crippen molar-refractivity contribution in [3.8, 4) is 0 Å². The molecule has 5 fully saturated rings. The molecule has 0 aromatic rings. The minimum atomic E-state index is -0.532. The van der Waals surface area contributed by atoms with E-state index in [9.17, 15) is 24.6 Å². The number of fused-ring (bicyclic) bond motifs is 5. The number of nitrogens with zero attached hydrogens (tertiary/aromatic N) is 1. The molecule has 5 rings (SSSR count). The fraction of sp³-hybridized carbons (Fsp3) is 0.893. The summed E-state index contributed by atoms with van der Waals surface area (Å²) in [7, 11) is 0. The van der Waals surface area contributed by atoms with Crippen LogP contribution in [0.4, 0.5) is 0 Å². The van der Waals surface area contributed by atoms with Gasteiger partial charge in [-0.3, -0.25) is 9.59 Å². The van der Waals surface area contributed by atoms with E-state index in [-0.39, 0.29) is 48.2 Å². The molecule has 7 nitrogen and oxygen atoms in total. The lowest BCUT2D eigenvalue weighted by Crippen LogP contribution is -2.58. The Morgan fingerprint density at radius 1 is 1.03 bits per heavy atom. The van der Waals surface area contributed by atoms with Crippen LogP contribution in [-0.4, -0.2) is 45.3 Å². The first-order valence-corrected chi connectivity index (χ1v) is 14.0. The molecule has 1 heterocycles. The Kier molecular flexibility index (Phi) is 6.57. The molecular formula is C28H43NO6. The van der Waals surface area contributed by atoms with Crippen LogP contribution in [-0.2, 0) is 19.2 Å². The van der Waals surface area contributed by atoms with Crippen LogP contribution in [0.1, 0.15) is 97.8 Å². The number of carbonyl (C=O) groups is 3. The Bertz CT molecular complexity index is 860. The molecule has 35 heavy (non-hydrogen) atoms. The van der Waals surface area contributed by atoms with Gasteiger partial charge in [0, 0.05) is 19.3 Å². The van der Waals surface area contributed by atoms with Crippen molar-refractivity contribution in [2.45, 2.75) is 110 Å². The van der Waals surface area contributed by atoms with Gasteiger partial charge in [0.2, 0.25) is 0 Å². The van der Waals surface area contributed by atoms with Gasteiger partial charge in [0.25, 0.3) is 11.8 Å². The van der Waals surface area contributed by atoms with Crippen LogP contribution in [0.3, 0.4) is 0 Å². The number of aliphatic hydroxyl groups excluding tert-OH is 2. The molecule has 0 bridgehead atoms. The monoisotopic (exact) mass is 489 g/mol. The maximum absolute atomic E-state index is 12.4. The lowest BCUT2D eigenvalue weighted by Gasteiger charge is -2.62.